The SMILES string of the molecule is Cc1cnc(COc2ccc(-c3nc(C4CC4)[nH]c3Cl)cc2C)c(F)c1. The summed E-state index contributed by atoms with van der Waals surface area (Å²) >= 11 is 6.32. The van der Waals surface area contributed by atoms with E-state index in [1.807, 2.05) is 25.1 Å². The van der Waals surface area contributed by atoms with Crippen molar-refractivity contribution in [2.75, 3.05) is 0 Å². The monoisotopic (exact) mass is 371 g/mol. The lowest BCUT2D eigenvalue weighted by molar-refractivity contribution is 0.292. The van der Waals surface area contributed by atoms with Crippen LogP contribution in [0.3, 0.4) is 0 Å². The summed E-state index contributed by atoms with van der Waals surface area (Å²) in [7, 11) is 0. The molecule has 1 aliphatic rings. The second kappa shape index (κ2) is 6.72. The molecule has 0 bridgehead atoms. The predicted octanol–water partition coefficient (Wildman–Crippen LogP) is 5.34. The Morgan fingerprint density at radius 1 is 1.27 bits per heavy atom. The number of ether oxygens (including phenoxy) is 1. The lowest BCUT2D eigenvalue weighted by Gasteiger charge is -2.10. The fraction of sp³-hybridized carbons (Fsp3) is 0.300. The summed E-state index contributed by atoms with van der Waals surface area (Å²) in [5.74, 6) is 1.81. The Labute approximate surface area is 156 Å². The topological polar surface area (TPSA) is 50.8 Å². The van der Waals surface area contributed by atoms with E-state index in [-0.39, 0.29) is 12.4 Å². The van der Waals surface area contributed by atoms with Crippen LogP contribution >= 0.6 is 11.6 Å². The second-order valence-electron chi connectivity index (χ2n) is 6.77. The summed E-state index contributed by atoms with van der Waals surface area (Å²) in [4.78, 5) is 11.9. The van der Waals surface area contributed by atoms with E-state index in [1.165, 1.54) is 18.9 Å². The molecule has 0 atom stereocenters. The van der Waals surface area contributed by atoms with Gasteiger partial charge in [-0.05, 0) is 62.1 Å². The molecule has 1 N–H and O–H groups in total. The van der Waals surface area contributed by atoms with Gasteiger partial charge in [0.05, 0.1) is 0 Å². The molecule has 0 spiro atoms. The first-order chi connectivity index (χ1) is 12.5. The first-order valence-corrected chi connectivity index (χ1v) is 8.99. The number of hydrogen-bond donors (Lipinski definition) is 1. The lowest BCUT2D eigenvalue weighted by Crippen LogP contribution is -2.03. The van der Waals surface area contributed by atoms with Crippen molar-refractivity contribution in [3.8, 4) is 17.0 Å². The van der Waals surface area contributed by atoms with Crippen molar-refractivity contribution in [3.05, 3.63) is 64.1 Å². The molecule has 0 amide bonds. The van der Waals surface area contributed by atoms with Crippen LogP contribution in [0, 0.1) is 19.7 Å². The molecule has 3 aromatic rings. The number of benzene rings is 1. The zero-order valence-corrected chi connectivity index (χ0v) is 15.4. The van der Waals surface area contributed by atoms with E-state index in [2.05, 4.69) is 15.0 Å². The highest BCUT2D eigenvalue weighted by Gasteiger charge is 2.28. The Hall–Kier alpha value is -2.40. The number of aromatic amines is 1. The van der Waals surface area contributed by atoms with Crippen LogP contribution in [0.15, 0.2) is 30.5 Å². The highest BCUT2D eigenvalue weighted by atomic mass is 35.5. The molecule has 6 heteroatoms. The van der Waals surface area contributed by atoms with Crippen LogP contribution < -0.4 is 4.74 Å². The lowest BCUT2D eigenvalue weighted by atomic mass is 10.1. The minimum atomic E-state index is -0.352. The van der Waals surface area contributed by atoms with Gasteiger partial charge in [0, 0.05) is 17.7 Å². The van der Waals surface area contributed by atoms with Gasteiger partial charge < -0.3 is 9.72 Å². The Balaban J connectivity index is 1.52. The molecule has 4 nitrogen and oxygen atoms in total. The van der Waals surface area contributed by atoms with E-state index in [0.717, 1.165) is 28.2 Å². The number of hydrogen-bond acceptors (Lipinski definition) is 3. The molecule has 0 radical (unpaired) electrons. The Bertz CT molecular complexity index is 966. The summed E-state index contributed by atoms with van der Waals surface area (Å²) in [6.07, 6.45) is 3.96. The maximum atomic E-state index is 13.9. The Morgan fingerprint density at radius 2 is 2.08 bits per heavy atom. The standard InChI is InChI=1S/C20H19ClFN3O/c1-11-7-15(22)16(23-9-11)10-26-17-6-5-14(8-12(17)2)18-19(21)25-20(24-18)13-3-4-13/h5-9,13H,3-4,10H2,1-2H3,(H,24,25). The third-order valence-electron chi connectivity index (χ3n) is 4.51. The molecule has 4 rings (SSSR count). The van der Waals surface area contributed by atoms with Crippen molar-refractivity contribution in [2.45, 2.75) is 39.2 Å². The van der Waals surface area contributed by atoms with Crippen molar-refractivity contribution in [2.24, 2.45) is 0 Å². The normalized spacial score (nSPS) is 13.8. The van der Waals surface area contributed by atoms with E-state index in [1.54, 1.807) is 13.1 Å². The third-order valence-corrected chi connectivity index (χ3v) is 4.78. The zero-order valence-electron chi connectivity index (χ0n) is 14.6. The third kappa shape index (κ3) is 3.44. The van der Waals surface area contributed by atoms with Gasteiger partial charge in [0.1, 0.15) is 40.5 Å². The van der Waals surface area contributed by atoms with Crippen LogP contribution in [-0.4, -0.2) is 15.0 Å². The molecule has 2 aromatic heterocycles. The van der Waals surface area contributed by atoms with Crippen LogP contribution in [0.5, 0.6) is 5.75 Å². The number of nitrogens with zero attached hydrogens (tertiary/aromatic N) is 2. The molecule has 0 saturated heterocycles. The van der Waals surface area contributed by atoms with E-state index in [9.17, 15) is 4.39 Å². The number of imidazole rings is 1. The summed E-state index contributed by atoms with van der Waals surface area (Å²) in [6, 6.07) is 7.21. The summed E-state index contributed by atoms with van der Waals surface area (Å²) in [5, 5.41) is 0.561. The van der Waals surface area contributed by atoms with Gasteiger partial charge >= 0.3 is 0 Å². The van der Waals surface area contributed by atoms with E-state index in [0.29, 0.717) is 22.5 Å². The summed E-state index contributed by atoms with van der Waals surface area (Å²) < 4.78 is 19.6. The zero-order chi connectivity index (χ0) is 18.3. The van der Waals surface area contributed by atoms with Gasteiger partial charge in [-0.3, -0.25) is 4.98 Å². The van der Waals surface area contributed by atoms with Crippen LogP contribution in [0.2, 0.25) is 5.15 Å². The number of nitrogens with one attached hydrogen (secondary N) is 1. The van der Waals surface area contributed by atoms with Gasteiger partial charge in [0.15, 0.2) is 0 Å². The molecule has 1 aromatic carbocycles. The van der Waals surface area contributed by atoms with Gasteiger partial charge in [0.25, 0.3) is 0 Å². The van der Waals surface area contributed by atoms with Gasteiger partial charge in [0.2, 0.25) is 0 Å². The van der Waals surface area contributed by atoms with E-state index in [4.69, 9.17) is 16.3 Å². The first kappa shape index (κ1) is 17.0. The Kier molecular flexibility index (Phi) is 4.41. The molecule has 1 aliphatic carbocycles. The summed E-state index contributed by atoms with van der Waals surface area (Å²) in [5.41, 5.74) is 3.70. The highest BCUT2D eigenvalue weighted by Crippen LogP contribution is 2.41. The number of halogens is 2. The average Bonchev–Trinajstić information content (AvgIpc) is 3.38. The largest absolute Gasteiger partial charge is 0.487 e. The fourth-order valence-electron chi connectivity index (χ4n) is 2.88. The number of aryl methyl sites for hydroxylation is 2. The molecule has 26 heavy (non-hydrogen) atoms. The van der Waals surface area contributed by atoms with Crippen molar-refractivity contribution < 1.29 is 9.13 Å². The first-order valence-electron chi connectivity index (χ1n) is 8.61. The number of aromatic nitrogens is 3. The van der Waals surface area contributed by atoms with Gasteiger partial charge in [-0.1, -0.05) is 11.6 Å². The minimum Gasteiger partial charge on any atom is -0.487 e. The maximum absolute atomic E-state index is 13.9. The average molecular weight is 372 g/mol. The van der Waals surface area contributed by atoms with Crippen molar-refractivity contribution in [1.82, 2.24) is 15.0 Å². The van der Waals surface area contributed by atoms with Gasteiger partial charge in [-0.25, -0.2) is 9.37 Å². The summed E-state index contributed by atoms with van der Waals surface area (Å²) in [6.45, 7) is 3.83. The van der Waals surface area contributed by atoms with Crippen molar-refractivity contribution in [1.29, 1.82) is 0 Å². The van der Waals surface area contributed by atoms with Crippen molar-refractivity contribution >= 4 is 11.6 Å². The van der Waals surface area contributed by atoms with Crippen LogP contribution in [0.4, 0.5) is 4.39 Å². The van der Waals surface area contributed by atoms with Gasteiger partial charge in [-0.2, -0.15) is 0 Å². The predicted molar refractivity (Wildman–Crippen MR) is 99.0 cm³/mol. The second-order valence-corrected chi connectivity index (χ2v) is 7.15. The van der Waals surface area contributed by atoms with Crippen molar-refractivity contribution in [3.63, 3.8) is 0 Å². The molecule has 0 aliphatic heterocycles. The van der Waals surface area contributed by atoms with Crippen LogP contribution in [-0.2, 0) is 6.61 Å². The molecular weight excluding hydrogens is 353 g/mol. The number of rotatable bonds is 5. The molecule has 134 valence electrons. The number of pyridine rings is 1. The molecule has 0 unspecified atom stereocenters. The smallest absolute Gasteiger partial charge is 0.148 e. The quantitative estimate of drug-likeness (QED) is 0.658. The van der Waals surface area contributed by atoms with E-state index < -0.39 is 0 Å². The number of H-pyrrole nitrogens is 1. The minimum absolute atomic E-state index is 0.0846. The van der Waals surface area contributed by atoms with Crippen LogP contribution in [0.1, 0.15) is 41.4 Å². The fourth-order valence-corrected chi connectivity index (χ4v) is 3.13. The molecule has 2 heterocycles. The van der Waals surface area contributed by atoms with Crippen LogP contribution in [0.25, 0.3) is 11.3 Å². The highest BCUT2D eigenvalue weighted by molar-refractivity contribution is 6.31. The molecule has 1 fully saturated rings. The molecule has 1 saturated carbocycles. The van der Waals surface area contributed by atoms with Gasteiger partial charge in [-0.15, -0.1) is 0 Å². The Morgan fingerprint density at radius 3 is 2.77 bits per heavy atom. The maximum Gasteiger partial charge on any atom is 0.148 e. The molecular formula is C20H19ClFN3O. The van der Waals surface area contributed by atoms with E-state index >= 15 is 0 Å².